The SMILES string of the molecule is COc1ccnc(C(=O)C[C@@H](C)C(=O)O[C@@H](C)[C@@H](OC)c2ccccc2)c1OC(C)=O. The molecule has 2 aromatic rings. The molecular formula is C23H27NO7. The maximum atomic E-state index is 12.8. The van der Waals surface area contributed by atoms with Gasteiger partial charge in [-0.2, -0.15) is 0 Å². The molecule has 8 nitrogen and oxygen atoms in total. The number of carbonyl (C=O) groups is 3. The minimum Gasteiger partial charge on any atom is -0.493 e. The van der Waals surface area contributed by atoms with Gasteiger partial charge in [-0.3, -0.25) is 14.4 Å². The van der Waals surface area contributed by atoms with E-state index < -0.39 is 35.8 Å². The summed E-state index contributed by atoms with van der Waals surface area (Å²) in [6, 6.07) is 10.9. The molecule has 1 heterocycles. The summed E-state index contributed by atoms with van der Waals surface area (Å²) in [5, 5.41) is 0. The number of pyridine rings is 1. The molecule has 0 radical (unpaired) electrons. The Morgan fingerprint density at radius 3 is 2.29 bits per heavy atom. The number of Topliss-reactive ketones (excluding diaryl/α,β-unsaturated/α-hetero) is 1. The lowest BCUT2D eigenvalue weighted by Gasteiger charge is -2.24. The van der Waals surface area contributed by atoms with Crippen molar-refractivity contribution in [2.24, 2.45) is 5.92 Å². The number of ketones is 1. The monoisotopic (exact) mass is 429 g/mol. The minimum atomic E-state index is -0.749. The molecule has 0 aliphatic rings. The quantitative estimate of drug-likeness (QED) is 0.418. The van der Waals surface area contributed by atoms with E-state index in [4.69, 9.17) is 18.9 Å². The Kier molecular flexibility index (Phi) is 8.69. The number of ether oxygens (including phenoxy) is 4. The summed E-state index contributed by atoms with van der Waals surface area (Å²) >= 11 is 0. The fraction of sp³-hybridized carbons (Fsp3) is 0.391. The van der Waals surface area contributed by atoms with Crippen LogP contribution < -0.4 is 9.47 Å². The van der Waals surface area contributed by atoms with Gasteiger partial charge in [-0.15, -0.1) is 0 Å². The van der Waals surface area contributed by atoms with E-state index in [1.54, 1.807) is 21.0 Å². The summed E-state index contributed by atoms with van der Waals surface area (Å²) < 4.78 is 21.3. The first-order chi connectivity index (χ1) is 14.8. The number of nitrogens with zero attached hydrogens (tertiary/aromatic N) is 1. The van der Waals surface area contributed by atoms with Crippen LogP contribution in [0.2, 0.25) is 0 Å². The molecule has 0 unspecified atom stereocenters. The van der Waals surface area contributed by atoms with E-state index in [-0.39, 0.29) is 23.6 Å². The third kappa shape index (κ3) is 6.36. The zero-order valence-corrected chi connectivity index (χ0v) is 18.3. The molecule has 0 spiro atoms. The lowest BCUT2D eigenvalue weighted by atomic mass is 10.0. The first kappa shape index (κ1) is 24.0. The number of rotatable bonds is 10. The Morgan fingerprint density at radius 2 is 1.71 bits per heavy atom. The highest BCUT2D eigenvalue weighted by atomic mass is 16.6. The zero-order chi connectivity index (χ0) is 23.0. The summed E-state index contributed by atoms with van der Waals surface area (Å²) in [6.07, 6.45) is 0.184. The van der Waals surface area contributed by atoms with Gasteiger partial charge in [0.1, 0.15) is 12.2 Å². The van der Waals surface area contributed by atoms with Crippen LogP contribution in [0.15, 0.2) is 42.6 Å². The van der Waals surface area contributed by atoms with Gasteiger partial charge < -0.3 is 18.9 Å². The van der Waals surface area contributed by atoms with Crippen LogP contribution >= 0.6 is 0 Å². The van der Waals surface area contributed by atoms with E-state index in [1.807, 2.05) is 30.3 Å². The van der Waals surface area contributed by atoms with Crippen molar-refractivity contribution in [3.8, 4) is 11.5 Å². The zero-order valence-electron chi connectivity index (χ0n) is 18.3. The van der Waals surface area contributed by atoms with Crippen LogP contribution in [0.1, 0.15) is 49.3 Å². The average Bonchev–Trinajstić information content (AvgIpc) is 2.74. The van der Waals surface area contributed by atoms with E-state index in [0.717, 1.165) is 5.56 Å². The van der Waals surface area contributed by atoms with Crippen molar-refractivity contribution in [1.29, 1.82) is 0 Å². The second-order valence-electron chi connectivity index (χ2n) is 7.02. The van der Waals surface area contributed by atoms with Gasteiger partial charge in [-0.05, 0) is 12.5 Å². The first-order valence-corrected chi connectivity index (χ1v) is 9.81. The Balaban J connectivity index is 2.09. The van der Waals surface area contributed by atoms with E-state index in [1.165, 1.54) is 26.3 Å². The van der Waals surface area contributed by atoms with Crippen LogP contribution in [0.5, 0.6) is 11.5 Å². The maximum absolute atomic E-state index is 12.8. The van der Waals surface area contributed by atoms with Crippen molar-refractivity contribution < 1.29 is 33.3 Å². The van der Waals surface area contributed by atoms with E-state index >= 15 is 0 Å². The van der Waals surface area contributed by atoms with Gasteiger partial charge in [0.05, 0.1) is 13.0 Å². The van der Waals surface area contributed by atoms with Crippen LogP contribution in [0, 0.1) is 5.92 Å². The smallest absolute Gasteiger partial charge is 0.309 e. The number of aromatic nitrogens is 1. The Hall–Kier alpha value is -3.26. The Labute approximate surface area is 181 Å². The molecule has 0 aliphatic heterocycles. The lowest BCUT2D eigenvalue weighted by Crippen LogP contribution is -2.28. The van der Waals surface area contributed by atoms with Gasteiger partial charge in [-0.25, -0.2) is 4.98 Å². The molecule has 0 saturated carbocycles. The van der Waals surface area contributed by atoms with Crippen molar-refractivity contribution in [3.05, 3.63) is 53.9 Å². The second kappa shape index (κ2) is 11.2. The van der Waals surface area contributed by atoms with Crippen molar-refractivity contribution in [2.45, 2.75) is 39.4 Å². The van der Waals surface area contributed by atoms with Crippen molar-refractivity contribution in [1.82, 2.24) is 4.98 Å². The van der Waals surface area contributed by atoms with Crippen LogP contribution in [-0.2, 0) is 19.1 Å². The Bertz CT molecular complexity index is 913. The number of esters is 2. The van der Waals surface area contributed by atoms with Gasteiger partial charge in [-0.1, -0.05) is 37.3 Å². The predicted molar refractivity (Wildman–Crippen MR) is 112 cm³/mol. The highest BCUT2D eigenvalue weighted by Gasteiger charge is 2.28. The fourth-order valence-electron chi connectivity index (χ4n) is 3.09. The van der Waals surface area contributed by atoms with E-state index in [0.29, 0.717) is 0 Å². The third-order valence-corrected chi connectivity index (χ3v) is 4.60. The maximum Gasteiger partial charge on any atom is 0.309 e. The summed E-state index contributed by atoms with van der Waals surface area (Å²) in [6.45, 7) is 4.53. The van der Waals surface area contributed by atoms with Crippen molar-refractivity contribution >= 4 is 17.7 Å². The van der Waals surface area contributed by atoms with Crippen LogP contribution in [0.4, 0.5) is 0 Å². The first-order valence-electron chi connectivity index (χ1n) is 9.81. The van der Waals surface area contributed by atoms with Gasteiger partial charge in [0.2, 0.25) is 5.75 Å². The predicted octanol–water partition coefficient (Wildman–Crippen LogP) is 3.54. The van der Waals surface area contributed by atoms with Gasteiger partial charge >= 0.3 is 11.9 Å². The second-order valence-corrected chi connectivity index (χ2v) is 7.02. The molecule has 1 aromatic carbocycles. The molecule has 8 heteroatoms. The van der Waals surface area contributed by atoms with Gasteiger partial charge in [0, 0.05) is 32.7 Å². The highest BCUT2D eigenvalue weighted by molar-refractivity contribution is 5.99. The van der Waals surface area contributed by atoms with Crippen LogP contribution in [-0.4, -0.2) is 43.0 Å². The summed E-state index contributed by atoms with van der Waals surface area (Å²) in [5.74, 6) is -2.26. The highest BCUT2D eigenvalue weighted by Crippen LogP contribution is 2.31. The van der Waals surface area contributed by atoms with Gasteiger partial charge in [0.25, 0.3) is 0 Å². The molecule has 2 rings (SSSR count). The molecule has 0 N–H and O–H groups in total. The number of methoxy groups -OCH3 is 2. The molecule has 0 saturated heterocycles. The molecule has 0 aliphatic carbocycles. The molecule has 31 heavy (non-hydrogen) atoms. The number of benzene rings is 1. The topological polar surface area (TPSA) is 101 Å². The Morgan fingerprint density at radius 1 is 1.03 bits per heavy atom. The van der Waals surface area contributed by atoms with Crippen molar-refractivity contribution in [3.63, 3.8) is 0 Å². The summed E-state index contributed by atoms with van der Waals surface area (Å²) in [7, 11) is 2.93. The molecule has 0 fully saturated rings. The minimum absolute atomic E-state index is 0.0695. The van der Waals surface area contributed by atoms with Crippen LogP contribution in [0.3, 0.4) is 0 Å². The van der Waals surface area contributed by atoms with Gasteiger partial charge in [0.15, 0.2) is 17.2 Å². The molecule has 3 atom stereocenters. The molecular weight excluding hydrogens is 402 g/mol. The number of carbonyl (C=O) groups excluding carboxylic acids is 3. The molecule has 0 amide bonds. The average molecular weight is 429 g/mol. The number of hydrogen-bond acceptors (Lipinski definition) is 8. The largest absolute Gasteiger partial charge is 0.493 e. The van der Waals surface area contributed by atoms with E-state index in [9.17, 15) is 14.4 Å². The lowest BCUT2D eigenvalue weighted by molar-refractivity contribution is -0.159. The van der Waals surface area contributed by atoms with Crippen LogP contribution in [0.25, 0.3) is 0 Å². The fourth-order valence-corrected chi connectivity index (χ4v) is 3.09. The van der Waals surface area contributed by atoms with Crippen molar-refractivity contribution in [2.75, 3.05) is 14.2 Å². The molecule has 166 valence electrons. The molecule has 0 bridgehead atoms. The normalized spacial score (nSPS) is 13.6. The third-order valence-electron chi connectivity index (χ3n) is 4.60. The summed E-state index contributed by atoms with van der Waals surface area (Å²) in [5.41, 5.74) is 0.793. The standard InChI is InChI=1S/C23H27NO7/c1-14(23(27)30-15(2)21(29-5)17-9-7-6-8-10-17)13-18(26)20-22(31-16(3)25)19(28-4)11-12-24-20/h6-12,14-15,21H,13H2,1-5H3/t14-,15+,21-/m1/s1. The number of hydrogen-bond donors (Lipinski definition) is 0. The van der Waals surface area contributed by atoms with E-state index in [2.05, 4.69) is 4.98 Å². The molecule has 1 aromatic heterocycles. The summed E-state index contributed by atoms with van der Waals surface area (Å²) in [4.78, 5) is 40.8.